The van der Waals surface area contributed by atoms with Crippen molar-refractivity contribution in [2.45, 2.75) is 18.3 Å². The zero-order valence-electron chi connectivity index (χ0n) is 8.27. The number of terminal acetylenes is 1. The van der Waals surface area contributed by atoms with E-state index in [4.69, 9.17) is 11.5 Å². The van der Waals surface area contributed by atoms with Gasteiger partial charge in [0.25, 0.3) is 0 Å². The molecule has 2 amide bonds. The van der Waals surface area contributed by atoms with Crippen molar-refractivity contribution in [1.29, 1.82) is 0 Å². The first-order chi connectivity index (χ1) is 7.07. The van der Waals surface area contributed by atoms with Gasteiger partial charge < -0.3 is 10.4 Å². The molecule has 1 fully saturated rings. The topological polar surface area (TPSA) is 69.6 Å². The van der Waals surface area contributed by atoms with Crippen LogP contribution in [0.4, 0.5) is 4.79 Å². The highest BCUT2D eigenvalue weighted by Crippen LogP contribution is 2.28. The van der Waals surface area contributed by atoms with Crippen molar-refractivity contribution in [3.05, 3.63) is 0 Å². The monoisotopic (exact) mass is 228 g/mol. The highest BCUT2D eigenvalue weighted by Gasteiger charge is 2.39. The van der Waals surface area contributed by atoms with Crippen LogP contribution >= 0.6 is 11.8 Å². The van der Waals surface area contributed by atoms with E-state index in [9.17, 15) is 9.59 Å². The number of rotatable bonds is 2. The van der Waals surface area contributed by atoms with Crippen LogP contribution in [-0.4, -0.2) is 45.7 Å². The molecule has 2 unspecified atom stereocenters. The lowest BCUT2D eigenvalue weighted by atomic mass is 10.3. The Bertz CT molecular complexity index is 313. The number of nitrogens with one attached hydrogen (secondary N) is 1. The highest BCUT2D eigenvalue weighted by atomic mass is 32.2. The Morgan fingerprint density at radius 2 is 2.40 bits per heavy atom. The molecule has 5 nitrogen and oxygen atoms in total. The van der Waals surface area contributed by atoms with E-state index in [0.717, 1.165) is 0 Å². The molecule has 0 radical (unpaired) electrons. The minimum Gasteiger partial charge on any atom is -0.480 e. The standard InChI is InChI=1S/C9H12N2O3S/c1-3-4-10-9(14)11-6(2)15-5-7(11)8(12)13/h1,6-7H,4-5H2,2H3,(H,10,14)(H,12,13). The minimum atomic E-state index is -0.984. The Morgan fingerprint density at radius 3 is 2.93 bits per heavy atom. The molecule has 1 heterocycles. The van der Waals surface area contributed by atoms with Gasteiger partial charge in [-0.15, -0.1) is 18.2 Å². The van der Waals surface area contributed by atoms with Crippen LogP contribution in [0.2, 0.25) is 0 Å². The second-order valence-corrected chi connectivity index (χ2v) is 4.41. The molecule has 0 bridgehead atoms. The van der Waals surface area contributed by atoms with E-state index in [1.807, 2.05) is 0 Å². The first-order valence-electron chi connectivity index (χ1n) is 4.42. The van der Waals surface area contributed by atoms with Crippen LogP contribution in [0.3, 0.4) is 0 Å². The molecule has 1 aliphatic rings. The van der Waals surface area contributed by atoms with Crippen LogP contribution in [0.15, 0.2) is 0 Å². The number of urea groups is 1. The quantitative estimate of drug-likeness (QED) is 0.661. The number of nitrogens with zero attached hydrogens (tertiary/aromatic N) is 1. The van der Waals surface area contributed by atoms with Crippen LogP contribution < -0.4 is 5.32 Å². The highest BCUT2D eigenvalue weighted by molar-refractivity contribution is 8.00. The molecule has 0 aromatic heterocycles. The third-order valence-corrected chi connectivity index (χ3v) is 3.30. The van der Waals surface area contributed by atoms with Crippen molar-refractivity contribution >= 4 is 23.8 Å². The summed E-state index contributed by atoms with van der Waals surface area (Å²) in [7, 11) is 0. The molecule has 0 saturated carbocycles. The maximum Gasteiger partial charge on any atom is 0.327 e. The molecule has 0 spiro atoms. The predicted molar refractivity (Wildman–Crippen MR) is 57.4 cm³/mol. The molecule has 0 aliphatic carbocycles. The van der Waals surface area contributed by atoms with E-state index in [0.29, 0.717) is 5.75 Å². The Labute approximate surface area is 92.2 Å². The van der Waals surface area contributed by atoms with Gasteiger partial charge in [0, 0.05) is 5.75 Å². The van der Waals surface area contributed by atoms with Gasteiger partial charge in [0.05, 0.1) is 11.9 Å². The maximum absolute atomic E-state index is 11.6. The fraction of sp³-hybridized carbons (Fsp3) is 0.556. The summed E-state index contributed by atoms with van der Waals surface area (Å²) in [5.41, 5.74) is 0. The van der Waals surface area contributed by atoms with Gasteiger partial charge in [-0.3, -0.25) is 4.90 Å². The first-order valence-corrected chi connectivity index (χ1v) is 5.47. The van der Waals surface area contributed by atoms with Crippen molar-refractivity contribution in [1.82, 2.24) is 10.2 Å². The third kappa shape index (κ3) is 2.57. The Morgan fingerprint density at radius 1 is 1.73 bits per heavy atom. The number of amides is 2. The fourth-order valence-corrected chi connectivity index (χ4v) is 2.53. The molecular formula is C9H12N2O3S. The zero-order valence-corrected chi connectivity index (χ0v) is 9.08. The van der Waals surface area contributed by atoms with E-state index in [-0.39, 0.29) is 11.9 Å². The fourth-order valence-electron chi connectivity index (χ4n) is 1.36. The average molecular weight is 228 g/mol. The van der Waals surface area contributed by atoms with E-state index in [1.165, 1.54) is 16.7 Å². The van der Waals surface area contributed by atoms with Gasteiger partial charge in [-0.2, -0.15) is 0 Å². The van der Waals surface area contributed by atoms with Crippen molar-refractivity contribution in [2.75, 3.05) is 12.3 Å². The van der Waals surface area contributed by atoms with E-state index in [1.54, 1.807) is 6.92 Å². The van der Waals surface area contributed by atoms with Crippen LogP contribution in [-0.2, 0) is 4.79 Å². The van der Waals surface area contributed by atoms with Crippen LogP contribution in [0.1, 0.15) is 6.92 Å². The normalized spacial score (nSPS) is 24.7. The van der Waals surface area contributed by atoms with Crippen molar-refractivity contribution in [3.8, 4) is 12.3 Å². The first kappa shape index (κ1) is 11.7. The van der Waals surface area contributed by atoms with Gasteiger partial charge in [-0.1, -0.05) is 5.92 Å². The summed E-state index contributed by atoms with van der Waals surface area (Å²) in [5, 5.41) is 11.2. The molecule has 1 aliphatic heterocycles. The molecule has 1 rings (SSSR count). The van der Waals surface area contributed by atoms with E-state index < -0.39 is 18.0 Å². The van der Waals surface area contributed by atoms with Gasteiger partial charge in [-0.05, 0) is 6.92 Å². The number of hydrogen-bond donors (Lipinski definition) is 2. The SMILES string of the molecule is C#CCNC(=O)N1C(C)SCC1C(=O)O. The molecule has 2 atom stereocenters. The second-order valence-electron chi connectivity index (χ2n) is 3.06. The zero-order chi connectivity index (χ0) is 11.4. The van der Waals surface area contributed by atoms with Crippen LogP contribution in [0.5, 0.6) is 0 Å². The molecule has 15 heavy (non-hydrogen) atoms. The lowest BCUT2D eigenvalue weighted by molar-refractivity contribution is -0.141. The number of carboxylic acid groups (broad SMARTS) is 1. The van der Waals surface area contributed by atoms with Gasteiger partial charge in [0.2, 0.25) is 0 Å². The summed E-state index contributed by atoms with van der Waals surface area (Å²) in [4.78, 5) is 23.7. The molecule has 0 aromatic rings. The van der Waals surface area contributed by atoms with Gasteiger partial charge in [0.15, 0.2) is 0 Å². The Balaban J connectivity index is 2.68. The smallest absolute Gasteiger partial charge is 0.327 e. The summed E-state index contributed by atoms with van der Waals surface area (Å²) in [5.74, 6) is 1.70. The lowest BCUT2D eigenvalue weighted by Crippen LogP contribution is -2.49. The van der Waals surface area contributed by atoms with Crippen LogP contribution in [0, 0.1) is 12.3 Å². The summed E-state index contributed by atoms with van der Waals surface area (Å²) in [6.07, 6.45) is 5.00. The van der Waals surface area contributed by atoms with Crippen molar-refractivity contribution < 1.29 is 14.7 Å². The third-order valence-electron chi connectivity index (χ3n) is 2.08. The number of carboxylic acids is 1. The van der Waals surface area contributed by atoms with E-state index >= 15 is 0 Å². The van der Waals surface area contributed by atoms with Crippen molar-refractivity contribution in [3.63, 3.8) is 0 Å². The molecule has 0 aromatic carbocycles. The minimum absolute atomic E-state index is 0.110. The summed E-state index contributed by atoms with van der Waals surface area (Å²) in [6, 6.07) is -1.18. The average Bonchev–Trinajstić information content (AvgIpc) is 2.56. The predicted octanol–water partition coefficient (Wildman–Crippen LogP) is 0.177. The number of hydrogen-bond acceptors (Lipinski definition) is 3. The molecule has 6 heteroatoms. The Hall–Kier alpha value is -1.35. The van der Waals surface area contributed by atoms with Crippen LogP contribution in [0.25, 0.3) is 0 Å². The largest absolute Gasteiger partial charge is 0.480 e. The number of carbonyl (C=O) groups excluding carboxylic acids is 1. The maximum atomic E-state index is 11.6. The second kappa shape index (κ2) is 4.94. The number of carbonyl (C=O) groups is 2. The Kier molecular flexibility index (Phi) is 3.86. The van der Waals surface area contributed by atoms with Crippen molar-refractivity contribution in [2.24, 2.45) is 0 Å². The lowest BCUT2D eigenvalue weighted by Gasteiger charge is -2.24. The number of thioether (sulfide) groups is 1. The summed E-state index contributed by atoms with van der Waals surface area (Å²) in [6.45, 7) is 1.90. The molecule has 82 valence electrons. The van der Waals surface area contributed by atoms with Gasteiger partial charge >= 0.3 is 12.0 Å². The molecular weight excluding hydrogens is 216 g/mol. The van der Waals surface area contributed by atoms with Gasteiger partial charge in [-0.25, -0.2) is 9.59 Å². The van der Waals surface area contributed by atoms with Gasteiger partial charge in [0.1, 0.15) is 6.04 Å². The summed E-state index contributed by atoms with van der Waals surface area (Å²) >= 11 is 1.44. The summed E-state index contributed by atoms with van der Waals surface area (Å²) < 4.78 is 0. The molecule has 2 N–H and O–H groups in total. The molecule has 1 saturated heterocycles. The van der Waals surface area contributed by atoms with E-state index in [2.05, 4.69) is 11.2 Å². The number of aliphatic carboxylic acids is 1.